The van der Waals surface area contributed by atoms with Gasteiger partial charge in [0.1, 0.15) is 0 Å². The van der Waals surface area contributed by atoms with Gasteiger partial charge in [0.15, 0.2) is 0 Å². The third-order valence-electron chi connectivity index (χ3n) is 3.61. The van der Waals surface area contributed by atoms with Gasteiger partial charge in [-0.2, -0.15) is 0 Å². The van der Waals surface area contributed by atoms with E-state index in [-0.39, 0.29) is 23.9 Å². The Kier molecular flexibility index (Phi) is 3.99. The molecule has 6 nitrogen and oxygen atoms in total. The second kappa shape index (κ2) is 5.52. The summed E-state index contributed by atoms with van der Waals surface area (Å²) in [4.78, 5) is 20.2. The first-order valence-electron chi connectivity index (χ1n) is 6.60. The molecule has 5 N–H and O–H groups in total. The lowest BCUT2D eigenvalue weighted by Crippen LogP contribution is -2.35. The van der Waals surface area contributed by atoms with E-state index in [1.807, 2.05) is 13.8 Å². The van der Waals surface area contributed by atoms with Crippen LogP contribution in [-0.4, -0.2) is 28.0 Å². The lowest BCUT2D eigenvalue weighted by atomic mass is 10.1. The van der Waals surface area contributed by atoms with Gasteiger partial charge in [0, 0.05) is 29.0 Å². The fourth-order valence-corrected chi connectivity index (χ4v) is 2.61. The van der Waals surface area contributed by atoms with Crippen LogP contribution in [0.3, 0.4) is 0 Å². The summed E-state index contributed by atoms with van der Waals surface area (Å²) in [6.45, 7) is 3.69. The van der Waals surface area contributed by atoms with E-state index in [1.54, 1.807) is 0 Å². The van der Waals surface area contributed by atoms with Crippen molar-refractivity contribution in [3.05, 3.63) is 17.0 Å². The third-order valence-corrected chi connectivity index (χ3v) is 3.61. The third kappa shape index (κ3) is 3.41. The van der Waals surface area contributed by atoms with Gasteiger partial charge in [-0.15, -0.1) is 0 Å². The Balaban J connectivity index is 1.99. The topological polar surface area (TPSA) is 107 Å². The predicted molar refractivity (Wildman–Crippen MR) is 73.4 cm³/mol. The number of carbonyl (C=O) groups is 1. The summed E-state index contributed by atoms with van der Waals surface area (Å²) in [6.07, 6.45) is 3.10. The fourth-order valence-electron chi connectivity index (χ4n) is 2.61. The van der Waals surface area contributed by atoms with E-state index >= 15 is 0 Å². The summed E-state index contributed by atoms with van der Waals surface area (Å²) in [7, 11) is 0. The zero-order chi connectivity index (χ0) is 14.0. The van der Waals surface area contributed by atoms with Crippen LogP contribution in [0.2, 0.25) is 0 Å². The van der Waals surface area contributed by atoms with Crippen LogP contribution in [0.25, 0.3) is 0 Å². The average Bonchev–Trinajstić information content (AvgIpc) is 2.69. The first-order chi connectivity index (χ1) is 8.95. The summed E-state index contributed by atoms with van der Waals surface area (Å²) in [5.41, 5.74) is 13.8. The molecule has 0 unspecified atom stereocenters. The molecular formula is C13H21N5O. The quantitative estimate of drug-likeness (QED) is 0.723. The van der Waals surface area contributed by atoms with Gasteiger partial charge in [0.2, 0.25) is 11.9 Å². The summed E-state index contributed by atoms with van der Waals surface area (Å²) >= 11 is 0. The molecule has 1 aliphatic rings. The van der Waals surface area contributed by atoms with Crippen molar-refractivity contribution in [1.82, 2.24) is 15.3 Å². The van der Waals surface area contributed by atoms with Gasteiger partial charge in [-0.3, -0.25) is 4.79 Å². The standard InChI is InChI=1S/C13H21N5O/c1-7-11(8(2)17-13(15)16-7)6-12(19)18-10-4-3-9(14)5-10/h9-10H,3-6,14H2,1-2H3,(H,18,19)(H2,15,16,17)/t9-,10-/m0/s1. The maximum Gasteiger partial charge on any atom is 0.224 e. The van der Waals surface area contributed by atoms with Crippen LogP contribution in [-0.2, 0) is 11.2 Å². The summed E-state index contributed by atoms with van der Waals surface area (Å²) in [5.74, 6) is 0.250. The Morgan fingerprint density at radius 3 is 2.47 bits per heavy atom. The Morgan fingerprint density at radius 1 is 1.32 bits per heavy atom. The van der Waals surface area contributed by atoms with E-state index in [1.165, 1.54) is 0 Å². The Labute approximate surface area is 113 Å². The van der Waals surface area contributed by atoms with Crippen LogP contribution in [0, 0.1) is 13.8 Å². The zero-order valence-corrected chi connectivity index (χ0v) is 11.4. The SMILES string of the molecule is Cc1nc(N)nc(C)c1CC(=O)N[C@H]1CC[C@H](N)C1. The minimum atomic E-state index is -0.00123. The van der Waals surface area contributed by atoms with Crippen molar-refractivity contribution in [1.29, 1.82) is 0 Å². The Hall–Kier alpha value is -1.69. The molecule has 1 aromatic rings. The second-order valence-electron chi connectivity index (χ2n) is 5.25. The molecule has 6 heteroatoms. The van der Waals surface area contributed by atoms with Crippen molar-refractivity contribution in [2.24, 2.45) is 5.73 Å². The number of carbonyl (C=O) groups excluding carboxylic acids is 1. The second-order valence-corrected chi connectivity index (χ2v) is 5.25. The molecule has 1 heterocycles. The Morgan fingerprint density at radius 2 is 1.95 bits per heavy atom. The molecule has 1 saturated carbocycles. The van der Waals surface area contributed by atoms with Crippen molar-refractivity contribution in [3.63, 3.8) is 0 Å². The van der Waals surface area contributed by atoms with Crippen LogP contribution in [0.15, 0.2) is 0 Å². The molecule has 1 aromatic heterocycles. The highest BCUT2D eigenvalue weighted by Gasteiger charge is 2.23. The lowest BCUT2D eigenvalue weighted by Gasteiger charge is -2.14. The van der Waals surface area contributed by atoms with Gasteiger partial charge in [-0.1, -0.05) is 0 Å². The lowest BCUT2D eigenvalue weighted by molar-refractivity contribution is -0.121. The van der Waals surface area contributed by atoms with Crippen LogP contribution < -0.4 is 16.8 Å². The normalized spacial score (nSPS) is 22.5. The highest BCUT2D eigenvalue weighted by atomic mass is 16.1. The maximum atomic E-state index is 12.0. The molecule has 0 spiro atoms. The van der Waals surface area contributed by atoms with Crippen LogP contribution in [0.5, 0.6) is 0 Å². The minimum absolute atomic E-state index is 0.00123. The first-order valence-corrected chi connectivity index (χ1v) is 6.60. The molecule has 2 rings (SSSR count). The van der Waals surface area contributed by atoms with Gasteiger partial charge in [-0.05, 0) is 33.1 Å². The monoisotopic (exact) mass is 263 g/mol. The molecule has 2 atom stereocenters. The molecule has 0 aromatic carbocycles. The zero-order valence-electron chi connectivity index (χ0n) is 11.4. The van der Waals surface area contributed by atoms with Gasteiger partial charge >= 0.3 is 0 Å². The van der Waals surface area contributed by atoms with E-state index in [9.17, 15) is 4.79 Å². The smallest absolute Gasteiger partial charge is 0.224 e. The molecule has 0 aliphatic heterocycles. The Bertz CT molecular complexity index is 465. The number of amides is 1. The van der Waals surface area contributed by atoms with Gasteiger partial charge in [-0.25, -0.2) is 9.97 Å². The molecule has 19 heavy (non-hydrogen) atoms. The molecule has 1 aliphatic carbocycles. The van der Waals surface area contributed by atoms with Gasteiger partial charge in [0.05, 0.1) is 6.42 Å². The fraction of sp³-hybridized carbons (Fsp3) is 0.615. The highest BCUT2D eigenvalue weighted by molar-refractivity contribution is 5.79. The molecular weight excluding hydrogens is 242 g/mol. The number of hydrogen-bond acceptors (Lipinski definition) is 5. The van der Waals surface area contributed by atoms with Gasteiger partial charge in [0.25, 0.3) is 0 Å². The van der Waals surface area contributed by atoms with E-state index in [2.05, 4.69) is 15.3 Å². The number of anilines is 1. The number of nitrogens with two attached hydrogens (primary N) is 2. The summed E-state index contributed by atoms with van der Waals surface area (Å²) < 4.78 is 0. The van der Waals surface area contributed by atoms with Crippen molar-refractivity contribution in [2.75, 3.05) is 5.73 Å². The van der Waals surface area contributed by atoms with E-state index in [4.69, 9.17) is 11.5 Å². The van der Waals surface area contributed by atoms with Crippen molar-refractivity contribution in [2.45, 2.75) is 51.6 Å². The molecule has 104 valence electrons. The molecule has 0 bridgehead atoms. The highest BCUT2D eigenvalue weighted by Crippen LogP contribution is 2.18. The van der Waals surface area contributed by atoms with E-state index < -0.39 is 0 Å². The minimum Gasteiger partial charge on any atom is -0.368 e. The number of hydrogen-bond donors (Lipinski definition) is 3. The number of nitrogens with one attached hydrogen (secondary N) is 1. The van der Waals surface area contributed by atoms with Crippen molar-refractivity contribution >= 4 is 11.9 Å². The largest absolute Gasteiger partial charge is 0.368 e. The first kappa shape index (κ1) is 13.7. The van der Waals surface area contributed by atoms with E-state index in [0.29, 0.717) is 6.42 Å². The van der Waals surface area contributed by atoms with Gasteiger partial charge < -0.3 is 16.8 Å². The van der Waals surface area contributed by atoms with Crippen molar-refractivity contribution < 1.29 is 4.79 Å². The number of aryl methyl sites for hydroxylation is 2. The number of nitrogens with zero attached hydrogens (tertiary/aromatic N) is 2. The van der Waals surface area contributed by atoms with Crippen LogP contribution in [0.4, 0.5) is 5.95 Å². The maximum absolute atomic E-state index is 12.0. The summed E-state index contributed by atoms with van der Waals surface area (Å²) in [6, 6.07) is 0.423. The number of nitrogen functional groups attached to an aromatic ring is 1. The number of aromatic nitrogens is 2. The summed E-state index contributed by atoms with van der Waals surface area (Å²) in [5, 5.41) is 3.02. The van der Waals surface area contributed by atoms with Crippen LogP contribution in [0.1, 0.15) is 36.2 Å². The van der Waals surface area contributed by atoms with Crippen LogP contribution >= 0.6 is 0 Å². The van der Waals surface area contributed by atoms with Crippen molar-refractivity contribution in [3.8, 4) is 0 Å². The average molecular weight is 263 g/mol. The molecule has 0 radical (unpaired) electrons. The predicted octanol–water partition coefficient (Wildman–Crippen LogP) is 0.214. The molecule has 1 fully saturated rings. The molecule has 0 saturated heterocycles. The molecule has 1 amide bonds. The van der Waals surface area contributed by atoms with E-state index in [0.717, 1.165) is 36.2 Å². The number of rotatable bonds is 3.